The maximum atomic E-state index is 14.5. The monoisotopic (exact) mass is 366 g/mol. The molecule has 0 fully saturated rings. The third kappa shape index (κ3) is 2.39. The molecule has 0 saturated carbocycles. The molecule has 4 aromatic rings. The molecule has 3 heterocycles. The van der Waals surface area contributed by atoms with Crippen LogP contribution in [0.4, 0.5) is 23.5 Å². The zero-order chi connectivity index (χ0) is 18.6. The second-order valence-electron chi connectivity index (χ2n) is 5.60. The predicted molar refractivity (Wildman–Crippen MR) is 84.9 cm³/mol. The Labute approximate surface area is 141 Å². The summed E-state index contributed by atoms with van der Waals surface area (Å²) in [4.78, 5) is 18.1. The Hall–Kier alpha value is -3.37. The topological polar surface area (TPSA) is 94.0 Å². The first kappa shape index (κ1) is 16.1. The summed E-state index contributed by atoms with van der Waals surface area (Å²) in [5, 5.41) is 3.76. The van der Waals surface area contributed by atoms with Gasteiger partial charge in [-0.25, -0.2) is 27.1 Å². The number of anilines is 1. The predicted octanol–water partition coefficient (Wildman–Crippen LogP) is 2.16. The minimum absolute atomic E-state index is 0.0110. The van der Waals surface area contributed by atoms with Crippen molar-refractivity contribution in [2.45, 2.75) is 13.0 Å². The number of nitrogens with two attached hydrogens (primary N) is 1. The number of hydrogen-bond acceptors (Lipinski definition) is 4. The molecule has 4 rings (SSSR count). The van der Waals surface area contributed by atoms with Gasteiger partial charge in [0.25, 0.3) is 12.0 Å². The summed E-state index contributed by atoms with van der Waals surface area (Å²) in [6.07, 6.45) is -0.678. The molecule has 3 N–H and O–H groups in total. The van der Waals surface area contributed by atoms with E-state index in [9.17, 15) is 22.4 Å². The van der Waals surface area contributed by atoms with Crippen LogP contribution >= 0.6 is 0 Å². The summed E-state index contributed by atoms with van der Waals surface area (Å²) in [5.74, 6) is -1.89. The highest BCUT2D eigenvalue weighted by molar-refractivity contribution is 5.88. The van der Waals surface area contributed by atoms with Crippen LogP contribution in [0, 0.1) is 11.6 Å². The van der Waals surface area contributed by atoms with Gasteiger partial charge in [-0.15, -0.1) is 5.10 Å². The Morgan fingerprint density at radius 1 is 1.23 bits per heavy atom. The number of aromatic nitrogens is 5. The van der Waals surface area contributed by atoms with Crippen molar-refractivity contribution in [3.8, 4) is 11.1 Å². The molecule has 0 unspecified atom stereocenters. The molecule has 0 spiro atoms. The number of nitrogen functional groups attached to an aromatic ring is 1. The average Bonchev–Trinajstić information content (AvgIpc) is 3.08. The van der Waals surface area contributed by atoms with Gasteiger partial charge in [-0.3, -0.25) is 9.78 Å². The maximum Gasteiger partial charge on any atom is 0.277 e. The van der Waals surface area contributed by atoms with Crippen LogP contribution in [0.15, 0.2) is 29.5 Å². The van der Waals surface area contributed by atoms with E-state index in [-0.39, 0.29) is 33.6 Å². The van der Waals surface area contributed by atoms with Gasteiger partial charge in [0.1, 0.15) is 11.0 Å². The van der Waals surface area contributed by atoms with Gasteiger partial charge in [0.2, 0.25) is 5.95 Å². The van der Waals surface area contributed by atoms with E-state index >= 15 is 0 Å². The third-order valence-electron chi connectivity index (χ3n) is 3.91. The number of nitrogens with one attached hydrogen (secondary N) is 1. The Morgan fingerprint density at radius 3 is 2.73 bits per heavy atom. The lowest BCUT2D eigenvalue weighted by molar-refractivity contribution is 0.128. The van der Waals surface area contributed by atoms with Gasteiger partial charge in [-0.1, -0.05) is 0 Å². The number of aromatic amines is 1. The summed E-state index contributed by atoms with van der Waals surface area (Å²) in [6.45, 7) is -0.697. The average molecular weight is 366 g/mol. The van der Waals surface area contributed by atoms with E-state index in [0.29, 0.717) is 0 Å². The van der Waals surface area contributed by atoms with Gasteiger partial charge in [-0.2, -0.15) is 0 Å². The fourth-order valence-electron chi connectivity index (χ4n) is 2.91. The summed E-state index contributed by atoms with van der Waals surface area (Å²) in [7, 11) is 0. The van der Waals surface area contributed by atoms with Crippen molar-refractivity contribution in [2.24, 2.45) is 0 Å². The van der Waals surface area contributed by atoms with Crippen LogP contribution in [0.25, 0.3) is 27.7 Å². The Bertz CT molecular complexity index is 1210. The first-order valence-electron chi connectivity index (χ1n) is 7.34. The summed E-state index contributed by atoms with van der Waals surface area (Å²) in [5.41, 5.74) is 4.21. The van der Waals surface area contributed by atoms with Crippen LogP contribution in [0.5, 0.6) is 0 Å². The highest BCUT2D eigenvalue weighted by atomic mass is 19.3. The van der Waals surface area contributed by atoms with Crippen molar-refractivity contribution < 1.29 is 17.6 Å². The molecular weight excluding hydrogens is 356 g/mol. The molecule has 1 aromatic carbocycles. The number of benzene rings is 1. The molecule has 0 aliphatic carbocycles. The number of hydrogen-bond donors (Lipinski definition) is 2. The van der Waals surface area contributed by atoms with Crippen molar-refractivity contribution in [3.63, 3.8) is 0 Å². The number of fused-ring (bicyclic) bond motifs is 2. The van der Waals surface area contributed by atoms with E-state index in [1.165, 1.54) is 6.07 Å². The number of alkyl halides is 2. The SMILES string of the molecule is Nc1nn2cc(F)c(-c3cc(F)c4ncn(CC(F)F)c4c3)c2c(=O)[nH]1. The second-order valence-corrected chi connectivity index (χ2v) is 5.60. The molecule has 0 radical (unpaired) electrons. The molecule has 0 bridgehead atoms. The summed E-state index contributed by atoms with van der Waals surface area (Å²) in [6, 6.07) is 2.28. The molecule has 11 heteroatoms. The van der Waals surface area contributed by atoms with E-state index in [2.05, 4.69) is 15.1 Å². The molecule has 0 aliphatic rings. The standard InChI is InChI=1S/C15H10F4N6O/c16-7-1-6(2-9-12(7)21-5-24(9)4-10(18)19)11-8(17)3-25-13(11)14(26)22-15(20)23-25/h1-3,5,10H,4H2,(H3,20,22,23,26). The zero-order valence-corrected chi connectivity index (χ0v) is 12.9. The molecule has 0 saturated heterocycles. The maximum absolute atomic E-state index is 14.5. The van der Waals surface area contributed by atoms with Gasteiger partial charge in [-0.05, 0) is 17.7 Å². The van der Waals surface area contributed by atoms with Gasteiger partial charge >= 0.3 is 0 Å². The lowest BCUT2D eigenvalue weighted by Gasteiger charge is -2.06. The lowest BCUT2D eigenvalue weighted by atomic mass is 10.1. The Balaban J connectivity index is 2.02. The van der Waals surface area contributed by atoms with E-state index in [0.717, 1.165) is 27.7 Å². The molecule has 26 heavy (non-hydrogen) atoms. The van der Waals surface area contributed by atoms with Crippen LogP contribution in [-0.4, -0.2) is 30.6 Å². The quantitative estimate of drug-likeness (QED) is 0.544. The first-order chi connectivity index (χ1) is 12.3. The smallest absolute Gasteiger partial charge is 0.277 e. The number of H-pyrrole nitrogens is 1. The second kappa shape index (κ2) is 5.58. The van der Waals surface area contributed by atoms with Crippen molar-refractivity contribution in [3.05, 3.63) is 46.6 Å². The van der Waals surface area contributed by atoms with Gasteiger partial charge in [0.05, 0.1) is 30.1 Å². The fraction of sp³-hybridized carbons (Fsp3) is 0.133. The number of nitrogens with zero attached hydrogens (tertiary/aromatic N) is 4. The normalized spacial score (nSPS) is 11.9. The van der Waals surface area contributed by atoms with Gasteiger partial charge in [0.15, 0.2) is 11.6 Å². The zero-order valence-electron chi connectivity index (χ0n) is 12.9. The van der Waals surface area contributed by atoms with E-state index in [1.54, 1.807) is 0 Å². The Morgan fingerprint density at radius 2 is 2.00 bits per heavy atom. The molecule has 0 atom stereocenters. The van der Waals surface area contributed by atoms with Crippen molar-refractivity contribution in [1.29, 1.82) is 0 Å². The van der Waals surface area contributed by atoms with E-state index in [1.807, 2.05) is 0 Å². The fourth-order valence-corrected chi connectivity index (χ4v) is 2.91. The highest BCUT2D eigenvalue weighted by Crippen LogP contribution is 2.31. The van der Waals surface area contributed by atoms with Crippen LogP contribution in [0.1, 0.15) is 0 Å². The Kier molecular flexibility index (Phi) is 3.46. The largest absolute Gasteiger partial charge is 0.368 e. The highest BCUT2D eigenvalue weighted by Gasteiger charge is 2.20. The molecular formula is C15H10F4N6O. The molecule has 0 amide bonds. The van der Waals surface area contributed by atoms with Crippen LogP contribution in [0.3, 0.4) is 0 Å². The van der Waals surface area contributed by atoms with Gasteiger partial charge in [0, 0.05) is 0 Å². The van der Waals surface area contributed by atoms with E-state index in [4.69, 9.17) is 5.73 Å². The molecule has 7 nitrogen and oxygen atoms in total. The van der Waals surface area contributed by atoms with Gasteiger partial charge < -0.3 is 10.3 Å². The van der Waals surface area contributed by atoms with Crippen molar-refractivity contribution in [1.82, 2.24) is 24.1 Å². The van der Waals surface area contributed by atoms with E-state index < -0.39 is 30.2 Å². The van der Waals surface area contributed by atoms with Crippen LogP contribution in [0.2, 0.25) is 0 Å². The number of imidazole rings is 1. The summed E-state index contributed by atoms with van der Waals surface area (Å²) >= 11 is 0. The minimum atomic E-state index is -2.68. The number of halogens is 4. The van der Waals surface area contributed by atoms with Crippen molar-refractivity contribution in [2.75, 3.05) is 5.73 Å². The summed E-state index contributed by atoms with van der Waals surface area (Å²) < 4.78 is 56.2. The van der Waals surface area contributed by atoms with Crippen LogP contribution in [-0.2, 0) is 6.54 Å². The lowest BCUT2D eigenvalue weighted by Crippen LogP contribution is -2.15. The number of rotatable bonds is 3. The molecule has 3 aromatic heterocycles. The molecule has 0 aliphatic heterocycles. The third-order valence-corrected chi connectivity index (χ3v) is 3.91. The first-order valence-corrected chi connectivity index (χ1v) is 7.34. The molecule has 134 valence electrons. The van der Waals surface area contributed by atoms with Crippen LogP contribution < -0.4 is 11.3 Å². The minimum Gasteiger partial charge on any atom is -0.368 e. The van der Waals surface area contributed by atoms with Crippen molar-refractivity contribution >= 4 is 22.5 Å².